The number of carbonyl (C=O) groups excluding carboxylic acids is 2. The zero-order valence-electron chi connectivity index (χ0n) is 9.98. The van der Waals surface area contributed by atoms with E-state index in [0.29, 0.717) is 5.75 Å². The summed E-state index contributed by atoms with van der Waals surface area (Å²) in [6, 6.07) is 5.51. The number of nitrogens with two attached hydrogens (primary N) is 1. The van der Waals surface area contributed by atoms with Gasteiger partial charge >= 0.3 is 6.03 Å². The Morgan fingerprint density at radius 2 is 2.22 bits per heavy atom. The molecule has 0 saturated carbocycles. The molecule has 1 atom stereocenters. The van der Waals surface area contributed by atoms with E-state index in [2.05, 4.69) is 0 Å². The maximum atomic E-state index is 13.0. The van der Waals surface area contributed by atoms with Crippen LogP contribution in [0, 0.1) is 5.82 Å². The van der Waals surface area contributed by atoms with Crippen LogP contribution in [0.1, 0.15) is 24.2 Å². The van der Waals surface area contributed by atoms with Crippen LogP contribution in [0.5, 0.6) is 0 Å². The van der Waals surface area contributed by atoms with Gasteiger partial charge in [0, 0.05) is 17.4 Å². The lowest BCUT2D eigenvalue weighted by Crippen LogP contribution is -2.35. The molecule has 98 valence electrons. The lowest BCUT2D eigenvalue weighted by Gasteiger charge is -2.11. The first-order valence-corrected chi connectivity index (χ1v) is 6.50. The smallest absolute Gasteiger partial charge is 0.318 e. The highest BCUT2D eigenvalue weighted by molar-refractivity contribution is 7.99. The predicted octanol–water partition coefficient (Wildman–Crippen LogP) is 2.20. The number of carbonyl (C=O) groups is 2. The first kappa shape index (κ1) is 14.5. The Labute approximate surface area is 109 Å². The average Bonchev–Trinajstić information content (AvgIpc) is 2.27. The van der Waals surface area contributed by atoms with Crippen LogP contribution in [0.25, 0.3) is 0 Å². The molecular weight excluding hydrogens is 255 g/mol. The van der Waals surface area contributed by atoms with Crippen LogP contribution in [-0.2, 0) is 4.79 Å². The van der Waals surface area contributed by atoms with Crippen LogP contribution in [-0.4, -0.2) is 17.7 Å². The number of benzene rings is 1. The molecule has 0 bridgehead atoms. The van der Waals surface area contributed by atoms with Crippen LogP contribution < -0.4 is 11.1 Å². The molecule has 0 aliphatic carbocycles. The second-order valence-corrected chi connectivity index (χ2v) is 5.18. The van der Waals surface area contributed by atoms with Gasteiger partial charge in [-0.05, 0) is 24.6 Å². The SMILES string of the molecule is C[C@@H](SCCC(=O)NC(N)=O)c1cccc(F)c1. The molecule has 0 saturated heterocycles. The number of thioether (sulfide) groups is 1. The summed E-state index contributed by atoms with van der Waals surface area (Å²) in [7, 11) is 0. The largest absolute Gasteiger partial charge is 0.351 e. The normalized spacial score (nSPS) is 11.9. The van der Waals surface area contributed by atoms with Gasteiger partial charge in [0.05, 0.1) is 0 Å². The quantitative estimate of drug-likeness (QED) is 0.861. The molecule has 0 aromatic heterocycles. The van der Waals surface area contributed by atoms with Crippen LogP contribution in [0.2, 0.25) is 0 Å². The first-order valence-electron chi connectivity index (χ1n) is 5.45. The molecular formula is C12H15FN2O2S. The van der Waals surface area contributed by atoms with Crippen LogP contribution in [0.15, 0.2) is 24.3 Å². The van der Waals surface area contributed by atoms with Gasteiger partial charge in [0.2, 0.25) is 5.91 Å². The van der Waals surface area contributed by atoms with E-state index in [1.165, 1.54) is 23.9 Å². The molecule has 4 nitrogen and oxygen atoms in total. The topological polar surface area (TPSA) is 72.2 Å². The molecule has 1 aromatic carbocycles. The van der Waals surface area contributed by atoms with Crippen molar-refractivity contribution < 1.29 is 14.0 Å². The van der Waals surface area contributed by atoms with E-state index in [-0.39, 0.29) is 17.5 Å². The number of halogens is 1. The predicted molar refractivity (Wildman–Crippen MR) is 69.6 cm³/mol. The molecule has 18 heavy (non-hydrogen) atoms. The van der Waals surface area contributed by atoms with Gasteiger partial charge in [-0.2, -0.15) is 11.8 Å². The third kappa shape index (κ3) is 5.18. The third-order valence-corrected chi connectivity index (χ3v) is 3.49. The molecule has 3 amide bonds. The van der Waals surface area contributed by atoms with Crippen molar-refractivity contribution in [3.05, 3.63) is 35.6 Å². The molecule has 0 aliphatic rings. The summed E-state index contributed by atoms with van der Waals surface area (Å²) in [4.78, 5) is 21.5. The molecule has 0 radical (unpaired) electrons. The van der Waals surface area contributed by atoms with Gasteiger partial charge in [-0.25, -0.2) is 9.18 Å². The molecule has 0 heterocycles. The van der Waals surface area contributed by atoms with Gasteiger partial charge in [0.25, 0.3) is 0 Å². The van der Waals surface area contributed by atoms with Crippen LogP contribution in [0.4, 0.5) is 9.18 Å². The van der Waals surface area contributed by atoms with Gasteiger partial charge in [-0.3, -0.25) is 10.1 Å². The summed E-state index contributed by atoms with van der Waals surface area (Å²) in [6.45, 7) is 1.94. The Morgan fingerprint density at radius 3 is 2.83 bits per heavy atom. The van der Waals surface area contributed by atoms with Gasteiger partial charge in [0.15, 0.2) is 0 Å². The number of imide groups is 1. The van der Waals surface area contributed by atoms with E-state index in [4.69, 9.17) is 5.73 Å². The molecule has 3 N–H and O–H groups in total. The second kappa shape index (κ2) is 7.00. The van der Waals surface area contributed by atoms with E-state index >= 15 is 0 Å². The number of hydrogen-bond acceptors (Lipinski definition) is 3. The van der Waals surface area contributed by atoms with E-state index < -0.39 is 11.9 Å². The fraction of sp³-hybridized carbons (Fsp3) is 0.333. The molecule has 0 aliphatic heterocycles. The van der Waals surface area contributed by atoms with E-state index in [0.717, 1.165) is 5.56 Å². The Kier molecular flexibility index (Phi) is 5.64. The first-order chi connectivity index (χ1) is 8.49. The zero-order chi connectivity index (χ0) is 13.5. The molecule has 0 spiro atoms. The van der Waals surface area contributed by atoms with Gasteiger partial charge in [-0.1, -0.05) is 12.1 Å². The van der Waals surface area contributed by atoms with E-state index in [1.807, 2.05) is 18.3 Å². The number of nitrogens with one attached hydrogen (secondary N) is 1. The van der Waals surface area contributed by atoms with Gasteiger partial charge < -0.3 is 5.73 Å². The fourth-order valence-corrected chi connectivity index (χ4v) is 2.38. The van der Waals surface area contributed by atoms with Crippen molar-refractivity contribution in [3.8, 4) is 0 Å². The highest BCUT2D eigenvalue weighted by Crippen LogP contribution is 2.28. The summed E-state index contributed by atoms with van der Waals surface area (Å²) < 4.78 is 13.0. The molecule has 0 unspecified atom stereocenters. The summed E-state index contributed by atoms with van der Waals surface area (Å²) >= 11 is 1.51. The fourth-order valence-electron chi connectivity index (χ4n) is 1.38. The van der Waals surface area contributed by atoms with Crippen molar-refractivity contribution in [1.82, 2.24) is 5.32 Å². The van der Waals surface area contributed by atoms with Crippen molar-refractivity contribution in [2.45, 2.75) is 18.6 Å². The minimum Gasteiger partial charge on any atom is -0.351 e. The average molecular weight is 270 g/mol. The van der Waals surface area contributed by atoms with Crippen molar-refractivity contribution in [2.75, 3.05) is 5.75 Å². The second-order valence-electron chi connectivity index (χ2n) is 3.73. The summed E-state index contributed by atoms with van der Waals surface area (Å²) in [6.07, 6.45) is 0.202. The molecule has 1 rings (SSSR count). The highest BCUT2D eigenvalue weighted by atomic mass is 32.2. The van der Waals surface area contributed by atoms with Crippen LogP contribution >= 0.6 is 11.8 Å². The van der Waals surface area contributed by atoms with E-state index in [9.17, 15) is 14.0 Å². The van der Waals surface area contributed by atoms with Gasteiger partial charge in [-0.15, -0.1) is 0 Å². The monoisotopic (exact) mass is 270 g/mol. The molecule has 1 aromatic rings. The number of primary amides is 1. The Balaban J connectivity index is 2.35. The lowest BCUT2D eigenvalue weighted by molar-refractivity contribution is -0.119. The maximum Gasteiger partial charge on any atom is 0.318 e. The third-order valence-electron chi connectivity index (χ3n) is 2.28. The summed E-state index contributed by atoms with van der Waals surface area (Å²) in [5, 5.41) is 2.08. The summed E-state index contributed by atoms with van der Waals surface area (Å²) in [5.41, 5.74) is 5.68. The lowest BCUT2D eigenvalue weighted by atomic mass is 10.2. The Bertz CT molecular complexity index is 440. The minimum absolute atomic E-state index is 0.0853. The number of rotatable bonds is 5. The maximum absolute atomic E-state index is 13.0. The van der Waals surface area contributed by atoms with Gasteiger partial charge in [0.1, 0.15) is 5.82 Å². The Hall–Kier alpha value is -1.56. The van der Waals surface area contributed by atoms with Crippen molar-refractivity contribution in [3.63, 3.8) is 0 Å². The number of amides is 3. The van der Waals surface area contributed by atoms with Crippen LogP contribution in [0.3, 0.4) is 0 Å². The number of urea groups is 1. The van der Waals surface area contributed by atoms with Crippen molar-refractivity contribution in [1.29, 1.82) is 0 Å². The Morgan fingerprint density at radius 1 is 1.50 bits per heavy atom. The number of hydrogen-bond donors (Lipinski definition) is 2. The van der Waals surface area contributed by atoms with Crippen molar-refractivity contribution >= 4 is 23.7 Å². The standard InChI is InChI=1S/C12H15FN2O2S/c1-8(9-3-2-4-10(13)7-9)18-6-5-11(16)15-12(14)17/h2-4,7-8H,5-6H2,1H3,(H3,14,15,16,17)/t8-/m1/s1. The zero-order valence-corrected chi connectivity index (χ0v) is 10.8. The van der Waals surface area contributed by atoms with E-state index in [1.54, 1.807) is 6.07 Å². The highest BCUT2D eigenvalue weighted by Gasteiger charge is 2.09. The minimum atomic E-state index is -0.844. The molecule has 0 fully saturated rings. The molecule has 6 heteroatoms. The van der Waals surface area contributed by atoms with Crippen molar-refractivity contribution in [2.24, 2.45) is 5.73 Å². The summed E-state index contributed by atoms with van der Waals surface area (Å²) in [5.74, 6) is -0.135.